The smallest absolute Gasteiger partial charge is 0.224 e. The molecule has 154 valence electrons. The molecule has 0 spiro atoms. The lowest BCUT2D eigenvalue weighted by atomic mass is 9.68. The number of hydrogen-bond donors (Lipinski definition) is 4. The van der Waals surface area contributed by atoms with E-state index in [0.29, 0.717) is 28.8 Å². The van der Waals surface area contributed by atoms with Crippen molar-refractivity contribution >= 4 is 11.8 Å². The number of benzene rings is 1. The third-order valence-corrected chi connectivity index (χ3v) is 6.04. The topological polar surface area (TPSA) is 114 Å². The van der Waals surface area contributed by atoms with Gasteiger partial charge in [-0.3, -0.25) is 0 Å². The van der Waals surface area contributed by atoms with Gasteiger partial charge in [0.25, 0.3) is 0 Å². The van der Waals surface area contributed by atoms with Crippen LogP contribution in [-0.2, 0) is 0 Å². The lowest BCUT2D eigenvalue weighted by Gasteiger charge is -2.41. The summed E-state index contributed by atoms with van der Waals surface area (Å²) in [7, 11) is 0. The number of aliphatic hydroxyl groups excluding tert-OH is 1. The fourth-order valence-corrected chi connectivity index (χ4v) is 3.76. The minimum absolute atomic E-state index is 0.153. The molecule has 4 N–H and O–H groups in total. The highest BCUT2D eigenvalue weighted by Crippen LogP contribution is 2.41. The molecule has 1 aliphatic rings. The molecule has 29 heavy (non-hydrogen) atoms. The summed E-state index contributed by atoms with van der Waals surface area (Å²) in [5.41, 5.74) is 1.33. The molecule has 1 aliphatic carbocycles. The second kappa shape index (κ2) is 8.66. The van der Waals surface area contributed by atoms with Crippen molar-refractivity contribution in [3.8, 4) is 11.8 Å². The van der Waals surface area contributed by atoms with E-state index in [2.05, 4.69) is 47.4 Å². The Balaban J connectivity index is 1.67. The number of phenols is 1. The number of anilines is 2. The Morgan fingerprint density at radius 3 is 2.66 bits per heavy atom. The Morgan fingerprint density at radius 2 is 2.00 bits per heavy atom. The number of nitrogens with zero attached hydrogens (tertiary/aromatic N) is 3. The van der Waals surface area contributed by atoms with Crippen LogP contribution in [-0.4, -0.2) is 32.8 Å². The molecule has 7 nitrogen and oxygen atoms in total. The van der Waals surface area contributed by atoms with Crippen LogP contribution in [0, 0.1) is 22.7 Å². The highest BCUT2D eigenvalue weighted by atomic mass is 16.3. The first-order valence-corrected chi connectivity index (χ1v) is 10.0. The number of hydrogen-bond acceptors (Lipinski definition) is 7. The van der Waals surface area contributed by atoms with Crippen molar-refractivity contribution in [1.82, 2.24) is 9.97 Å². The third-order valence-electron chi connectivity index (χ3n) is 6.04. The molecule has 3 rings (SSSR count). The van der Waals surface area contributed by atoms with Crippen molar-refractivity contribution < 1.29 is 10.2 Å². The normalized spacial score (nSPS) is 21.8. The Kier molecular flexibility index (Phi) is 6.23. The molecule has 0 radical (unpaired) electrons. The van der Waals surface area contributed by atoms with Gasteiger partial charge in [0.1, 0.15) is 23.2 Å². The first-order valence-electron chi connectivity index (χ1n) is 10.0. The fourth-order valence-electron chi connectivity index (χ4n) is 3.76. The molecule has 0 aliphatic heterocycles. The first kappa shape index (κ1) is 20.9. The summed E-state index contributed by atoms with van der Waals surface area (Å²) in [6.07, 6.45) is 3.93. The average Bonchev–Trinajstić information content (AvgIpc) is 2.69. The summed E-state index contributed by atoms with van der Waals surface area (Å²) >= 11 is 0. The zero-order chi connectivity index (χ0) is 21.0. The number of phenolic OH excluding ortho intramolecular Hbond substituents is 1. The molecular weight excluding hydrogens is 366 g/mol. The van der Waals surface area contributed by atoms with E-state index in [1.165, 1.54) is 18.3 Å². The van der Waals surface area contributed by atoms with Crippen LogP contribution in [0.25, 0.3) is 0 Å². The van der Waals surface area contributed by atoms with E-state index in [1.807, 2.05) is 0 Å². The molecule has 7 heteroatoms. The van der Waals surface area contributed by atoms with E-state index in [-0.39, 0.29) is 23.8 Å². The predicted octanol–water partition coefficient (Wildman–Crippen LogP) is 3.83. The maximum atomic E-state index is 10.3. The van der Waals surface area contributed by atoms with Crippen molar-refractivity contribution in [3.05, 3.63) is 41.6 Å². The molecule has 1 unspecified atom stereocenters. The summed E-state index contributed by atoms with van der Waals surface area (Å²) in [6.45, 7) is 7.08. The molecule has 1 fully saturated rings. The number of rotatable bonds is 6. The van der Waals surface area contributed by atoms with Crippen molar-refractivity contribution in [2.75, 3.05) is 17.2 Å². The van der Waals surface area contributed by atoms with Gasteiger partial charge in [-0.15, -0.1) is 0 Å². The number of nitrogens with one attached hydrogen (secondary N) is 2. The summed E-state index contributed by atoms with van der Waals surface area (Å²) in [6, 6.07) is 8.81. The monoisotopic (exact) mass is 395 g/mol. The Morgan fingerprint density at radius 1 is 1.28 bits per heavy atom. The molecule has 2 aromatic rings. The molecule has 0 amide bonds. The van der Waals surface area contributed by atoms with E-state index in [9.17, 15) is 15.5 Å². The van der Waals surface area contributed by atoms with E-state index in [4.69, 9.17) is 0 Å². The molecule has 1 saturated carbocycles. The Labute approximate surface area is 171 Å². The molecular formula is C22H29N5O2. The number of nitriles is 1. The second-order valence-electron chi connectivity index (χ2n) is 8.57. The van der Waals surface area contributed by atoms with Gasteiger partial charge in [-0.05, 0) is 48.3 Å². The summed E-state index contributed by atoms with van der Waals surface area (Å²) in [5, 5.41) is 35.6. The Hall–Kier alpha value is -2.85. The van der Waals surface area contributed by atoms with Crippen molar-refractivity contribution in [3.63, 3.8) is 0 Å². The SMILES string of the molecule is C[C@H]1CC[C@@H](Nc2nc(NCC(O)c3ccc(O)cc3)ncc2C#N)CC1(C)C. The van der Waals surface area contributed by atoms with Gasteiger partial charge in [-0.1, -0.05) is 32.9 Å². The van der Waals surface area contributed by atoms with Gasteiger partial charge in [0, 0.05) is 12.6 Å². The van der Waals surface area contributed by atoms with Gasteiger partial charge < -0.3 is 20.8 Å². The zero-order valence-electron chi connectivity index (χ0n) is 17.2. The van der Waals surface area contributed by atoms with Crippen LogP contribution in [0.1, 0.15) is 57.3 Å². The lowest BCUT2D eigenvalue weighted by molar-refractivity contribution is 0.143. The van der Waals surface area contributed by atoms with E-state index in [0.717, 1.165) is 19.3 Å². The molecule has 3 atom stereocenters. The first-order chi connectivity index (χ1) is 13.8. The largest absolute Gasteiger partial charge is 0.508 e. The third kappa shape index (κ3) is 5.15. The van der Waals surface area contributed by atoms with Crippen molar-refractivity contribution in [1.29, 1.82) is 5.26 Å². The van der Waals surface area contributed by atoms with Gasteiger partial charge in [-0.25, -0.2) is 4.98 Å². The Bertz CT molecular complexity index is 876. The zero-order valence-corrected chi connectivity index (χ0v) is 17.2. The molecule has 0 bridgehead atoms. The molecule has 0 saturated heterocycles. The summed E-state index contributed by atoms with van der Waals surface area (Å²) in [4.78, 5) is 8.67. The van der Waals surface area contributed by atoms with Crippen LogP contribution in [0.2, 0.25) is 0 Å². The maximum Gasteiger partial charge on any atom is 0.224 e. The van der Waals surface area contributed by atoms with E-state index >= 15 is 0 Å². The van der Waals surface area contributed by atoms with Gasteiger partial charge in [0.15, 0.2) is 0 Å². The van der Waals surface area contributed by atoms with Gasteiger partial charge >= 0.3 is 0 Å². The standard InChI is InChI=1S/C22H29N5O2/c1-14-4-7-17(10-22(14,2)3)26-20-16(11-23)12-24-21(27-20)25-13-19(29)15-5-8-18(28)9-6-15/h5-6,8-9,12,14,17,19,28-29H,4,7,10,13H2,1-3H3,(H2,24,25,26,27)/t14-,17+,19?/m0/s1. The predicted molar refractivity (Wildman–Crippen MR) is 113 cm³/mol. The fraction of sp³-hybridized carbons (Fsp3) is 0.500. The van der Waals surface area contributed by atoms with Gasteiger partial charge in [0.2, 0.25) is 5.95 Å². The maximum absolute atomic E-state index is 10.3. The minimum Gasteiger partial charge on any atom is -0.508 e. The highest BCUT2D eigenvalue weighted by molar-refractivity contribution is 5.54. The minimum atomic E-state index is -0.771. The number of aromatic hydroxyl groups is 1. The molecule has 1 heterocycles. The highest BCUT2D eigenvalue weighted by Gasteiger charge is 2.34. The van der Waals surface area contributed by atoms with Crippen molar-refractivity contribution in [2.45, 2.75) is 52.2 Å². The van der Waals surface area contributed by atoms with Crippen LogP contribution in [0.3, 0.4) is 0 Å². The van der Waals surface area contributed by atoms with Crippen LogP contribution in [0.4, 0.5) is 11.8 Å². The average molecular weight is 396 g/mol. The van der Waals surface area contributed by atoms with Crippen molar-refractivity contribution in [2.24, 2.45) is 11.3 Å². The van der Waals surface area contributed by atoms with Gasteiger partial charge in [-0.2, -0.15) is 10.2 Å². The lowest BCUT2D eigenvalue weighted by Crippen LogP contribution is -2.37. The van der Waals surface area contributed by atoms with Crippen LogP contribution >= 0.6 is 0 Å². The van der Waals surface area contributed by atoms with Crippen LogP contribution in [0.5, 0.6) is 5.75 Å². The quantitative estimate of drug-likeness (QED) is 0.588. The second-order valence-corrected chi connectivity index (χ2v) is 8.57. The number of aromatic nitrogens is 2. The van der Waals surface area contributed by atoms with E-state index < -0.39 is 6.10 Å². The van der Waals surface area contributed by atoms with Gasteiger partial charge in [0.05, 0.1) is 12.3 Å². The van der Waals surface area contributed by atoms with E-state index in [1.54, 1.807) is 12.1 Å². The molecule has 1 aromatic carbocycles. The van der Waals surface area contributed by atoms with Crippen LogP contribution in [0.15, 0.2) is 30.5 Å². The molecule has 1 aromatic heterocycles. The summed E-state index contributed by atoms with van der Waals surface area (Å²) in [5.74, 6) is 1.70. The summed E-state index contributed by atoms with van der Waals surface area (Å²) < 4.78 is 0. The van der Waals surface area contributed by atoms with Crippen LogP contribution < -0.4 is 10.6 Å². The number of aliphatic hydroxyl groups is 1.